The van der Waals surface area contributed by atoms with E-state index in [1.807, 2.05) is 37.5 Å². The number of fused-ring (bicyclic) bond motifs is 9. The van der Waals surface area contributed by atoms with Gasteiger partial charge in [0.15, 0.2) is 17.6 Å². The van der Waals surface area contributed by atoms with Crippen LogP contribution in [0, 0.1) is 0 Å². The summed E-state index contributed by atoms with van der Waals surface area (Å²) in [6, 6.07) is 20.3. The van der Waals surface area contributed by atoms with Gasteiger partial charge in [-0.05, 0) is 127 Å². The van der Waals surface area contributed by atoms with Crippen LogP contribution in [0.4, 0.5) is 0 Å². The number of methoxy groups -OCH3 is 1. The molecule has 1 aromatic heterocycles. The van der Waals surface area contributed by atoms with E-state index in [9.17, 15) is 15.3 Å². The van der Waals surface area contributed by atoms with E-state index in [0.29, 0.717) is 50.8 Å². The fraction of sp³-hybridized carbons (Fsp3) is 0.435. The highest BCUT2D eigenvalue weighted by atomic mass is 16.6. The van der Waals surface area contributed by atoms with Crippen molar-refractivity contribution < 1.29 is 34.3 Å². The van der Waals surface area contributed by atoms with E-state index in [-0.39, 0.29) is 30.1 Å². The molecule has 1 saturated carbocycles. The third-order valence-corrected chi connectivity index (χ3v) is 12.7. The number of H-pyrrole nitrogens is 1. The number of hydrogen-bond donors (Lipinski definition) is 6. The molecular weight excluding hydrogens is 707 g/mol. The van der Waals surface area contributed by atoms with E-state index in [2.05, 4.69) is 39.9 Å². The van der Waals surface area contributed by atoms with Crippen molar-refractivity contribution in [3.8, 4) is 39.9 Å². The van der Waals surface area contributed by atoms with Crippen molar-refractivity contribution in [2.75, 3.05) is 34.0 Å². The highest BCUT2D eigenvalue weighted by molar-refractivity contribution is 5.85. The number of rotatable bonds is 11. The number of ether oxygens (including phenoxy) is 4. The topological polar surface area (TPSA) is 137 Å². The predicted molar refractivity (Wildman–Crippen MR) is 216 cm³/mol. The molecule has 2 aliphatic heterocycles. The Kier molecular flexibility index (Phi) is 10.1. The third kappa shape index (κ3) is 6.66. The van der Waals surface area contributed by atoms with Gasteiger partial charge >= 0.3 is 0 Å². The first-order valence-electron chi connectivity index (χ1n) is 20.3. The molecule has 4 atom stereocenters. The molecule has 2 aliphatic carbocycles. The van der Waals surface area contributed by atoms with Crippen LogP contribution in [-0.4, -0.2) is 72.1 Å². The molecule has 9 rings (SSSR count). The minimum Gasteiger partial charge on any atom is -0.508 e. The van der Waals surface area contributed by atoms with Crippen molar-refractivity contribution >= 4 is 10.9 Å². The molecule has 10 heteroatoms. The Morgan fingerprint density at radius 1 is 0.911 bits per heavy atom. The van der Waals surface area contributed by atoms with Crippen LogP contribution < -0.4 is 24.8 Å². The lowest BCUT2D eigenvalue weighted by molar-refractivity contribution is -0.131. The number of aliphatic hydroxyl groups excluding tert-OH is 1. The summed E-state index contributed by atoms with van der Waals surface area (Å²) >= 11 is 0. The molecule has 3 heterocycles. The van der Waals surface area contributed by atoms with Gasteiger partial charge in [0.25, 0.3) is 0 Å². The molecule has 0 spiro atoms. The van der Waals surface area contributed by atoms with E-state index in [1.165, 1.54) is 30.2 Å². The fourth-order valence-electron chi connectivity index (χ4n) is 9.97. The van der Waals surface area contributed by atoms with Crippen LogP contribution in [0.3, 0.4) is 0 Å². The normalized spacial score (nSPS) is 23.0. The van der Waals surface area contributed by atoms with Gasteiger partial charge in [-0.25, -0.2) is 0 Å². The average molecular weight is 760 g/mol. The standard InChI is InChI=1S/C46H53N3O7/c1-47-25-46(54-26-49-31-6-4-3-5-7-31)23-38-37-20-30(19-27-8-14-39-28(18-27)16-17-48-39)36-22-32(51)10-12-34(36)42(37)44-35(13-11-33(24-50)55-44)43(38)56-45(46)29-9-15-40(52)41(21-29)53-2/h8-10,12,14-18,21-22,30-31,33,45,47-52H,3-7,11,13,19-20,23-26H2,1-2H3. The van der Waals surface area contributed by atoms with Crippen molar-refractivity contribution in [2.24, 2.45) is 0 Å². The van der Waals surface area contributed by atoms with Crippen molar-refractivity contribution in [2.45, 2.75) is 94.0 Å². The zero-order chi connectivity index (χ0) is 38.4. The number of phenolic OH excluding ortho intramolecular Hbond substituents is 2. The van der Waals surface area contributed by atoms with Gasteiger partial charge in [-0.15, -0.1) is 0 Å². The van der Waals surface area contributed by atoms with Crippen molar-refractivity contribution in [1.82, 2.24) is 15.6 Å². The largest absolute Gasteiger partial charge is 0.508 e. The summed E-state index contributed by atoms with van der Waals surface area (Å²) in [4.78, 5) is 3.31. The molecule has 5 aromatic rings. The van der Waals surface area contributed by atoms with Crippen LogP contribution in [-0.2, 0) is 30.4 Å². The maximum Gasteiger partial charge on any atom is 0.160 e. The Hall–Kier alpha value is -4.74. The van der Waals surface area contributed by atoms with E-state index >= 15 is 0 Å². The highest BCUT2D eigenvalue weighted by Crippen LogP contribution is 2.57. The number of hydrogen-bond acceptors (Lipinski definition) is 9. The summed E-state index contributed by atoms with van der Waals surface area (Å²) in [7, 11) is 3.51. The van der Waals surface area contributed by atoms with Crippen LogP contribution in [0.25, 0.3) is 22.0 Å². The first-order valence-corrected chi connectivity index (χ1v) is 20.3. The van der Waals surface area contributed by atoms with Crippen molar-refractivity contribution in [1.29, 1.82) is 0 Å². The van der Waals surface area contributed by atoms with Gasteiger partial charge in [-0.1, -0.05) is 37.5 Å². The predicted octanol–water partition coefficient (Wildman–Crippen LogP) is 7.35. The molecule has 4 aromatic carbocycles. The zero-order valence-corrected chi connectivity index (χ0v) is 32.3. The van der Waals surface area contributed by atoms with E-state index in [1.54, 1.807) is 19.2 Å². The Morgan fingerprint density at radius 2 is 1.79 bits per heavy atom. The molecule has 0 amide bonds. The molecular formula is C46H53N3O7. The Bertz CT molecular complexity index is 2230. The Balaban J connectivity index is 1.21. The monoisotopic (exact) mass is 759 g/mol. The number of aromatic nitrogens is 1. The third-order valence-electron chi connectivity index (χ3n) is 12.7. The molecule has 0 saturated heterocycles. The van der Waals surface area contributed by atoms with Crippen LogP contribution in [0.1, 0.15) is 83.9 Å². The van der Waals surface area contributed by atoms with E-state index in [4.69, 9.17) is 18.9 Å². The maximum atomic E-state index is 10.9. The van der Waals surface area contributed by atoms with Gasteiger partial charge < -0.3 is 44.6 Å². The molecule has 4 aliphatic rings. The molecule has 10 nitrogen and oxygen atoms in total. The summed E-state index contributed by atoms with van der Waals surface area (Å²) in [5.41, 5.74) is 8.75. The average Bonchev–Trinajstić information content (AvgIpc) is 3.69. The van der Waals surface area contributed by atoms with Crippen molar-refractivity contribution in [3.05, 3.63) is 100 Å². The lowest BCUT2D eigenvalue weighted by atomic mass is 9.70. The van der Waals surface area contributed by atoms with Gasteiger partial charge in [0.2, 0.25) is 0 Å². The Morgan fingerprint density at radius 3 is 2.61 bits per heavy atom. The molecule has 6 N–H and O–H groups in total. The summed E-state index contributed by atoms with van der Waals surface area (Å²) in [6.45, 7) is 0.797. The first-order chi connectivity index (χ1) is 27.4. The second-order valence-corrected chi connectivity index (χ2v) is 16.2. The van der Waals surface area contributed by atoms with Gasteiger partial charge in [-0.2, -0.15) is 0 Å². The van der Waals surface area contributed by atoms with Gasteiger partial charge in [0.05, 0.1) is 20.4 Å². The number of phenols is 2. The first kappa shape index (κ1) is 36.9. The minimum atomic E-state index is -0.847. The number of aromatic hydroxyl groups is 2. The molecule has 294 valence electrons. The molecule has 0 radical (unpaired) electrons. The van der Waals surface area contributed by atoms with Gasteiger partial charge in [0.1, 0.15) is 29.0 Å². The SMILES string of the molecule is CNCC1(OCNC2CCCCC2)Cc2c3c(c4c(c2OC1c1ccc(O)c(OC)c1)CCC(CO)O4)-c1ccc(O)cc1C(Cc1ccc2[nH]ccc2c1)C3. The number of aliphatic hydroxyl groups is 1. The minimum absolute atomic E-state index is 0.0621. The molecule has 1 fully saturated rings. The summed E-state index contributed by atoms with van der Waals surface area (Å²) < 4.78 is 26.9. The molecule has 4 unspecified atom stereocenters. The van der Waals surface area contributed by atoms with Crippen LogP contribution in [0.2, 0.25) is 0 Å². The van der Waals surface area contributed by atoms with Crippen molar-refractivity contribution in [3.63, 3.8) is 0 Å². The lowest BCUT2D eigenvalue weighted by Gasteiger charge is -2.47. The number of aromatic amines is 1. The summed E-state index contributed by atoms with van der Waals surface area (Å²) in [6.07, 6.45) is 10.5. The van der Waals surface area contributed by atoms with E-state index < -0.39 is 11.7 Å². The van der Waals surface area contributed by atoms with Crippen LogP contribution in [0.5, 0.6) is 28.7 Å². The Labute approximate surface area is 328 Å². The number of likely N-dealkylation sites (N-methyl/N-ethyl adjacent to an activating group) is 1. The lowest BCUT2D eigenvalue weighted by Crippen LogP contribution is -2.55. The smallest absolute Gasteiger partial charge is 0.160 e. The number of nitrogens with one attached hydrogen (secondary N) is 3. The quantitative estimate of drug-likeness (QED) is 0.0764. The molecule has 0 bridgehead atoms. The van der Waals surface area contributed by atoms with Gasteiger partial charge in [-0.3, -0.25) is 5.32 Å². The van der Waals surface area contributed by atoms with Gasteiger partial charge in [0, 0.05) is 47.4 Å². The zero-order valence-electron chi connectivity index (χ0n) is 32.3. The molecule has 56 heavy (non-hydrogen) atoms. The summed E-state index contributed by atoms with van der Waals surface area (Å²) in [5.74, 6) is 2.31. The second-order valence-electron chi connectivity index (χ2n) is 16.2. The second kappa shape index (κ2) is 15.3. The highest BCUT2D eigenvalue weighted by Gasteiger charge is 2.50. The summed E-state index contributed by atoms with van der Waals surface area (Å²) in [5, 5.41) is 40.3. The maximum absolute atomic E-state index is 10.9. The van der Waals surface area contributed by atoms with E-state index in [0.717, 1.165) is 75.2 Å². The number of benzene rings is 4. The fourth-order valence-corrected chi connectivity index (χ4v) is 9.97. The van der Waals surface area contributed by atoms with Crippen LogP contribution in [0.15, 0.2) is 66.9 Å². The van der Waals surface area contributed by atoms with Crippen LogP contribution >= 0.6 is 0 Å².